The fourth-order valence-electron chi connectivity index (χ4n) is 1.97. The Morgan fingerprint density at radius 2 is 2.12 bits per heavy atom. The van der Waals surface area contributed by atoms with E-state index < -0.39 is 0 Å². The third kappa shape index (κ3) is 2.23. The highest BCUT2D eigenvalue weighted by Gasteiger charge is 2.22. The lowest BCUT2D eigenvalue weighted by Gasteiger charge is -2.09. The van der Waals surface area contributed by atoms with Gasteiger partial charge in [-0.1, -0.05) is 13.8 Å². The van der Waals surface area contributed by atoms with Crippen LogP contribution in [-0.4, -0.2) is 15.5 Å². The molecule has 1 amide bonds. The summed E-state index contributed by atoms with van der Waals surface area (Å²) in [7, 11) is 0. The van der Waals surface area contributed by atoms with E-state index in [1.54, 1.807) is 0 Å². The Bertz CT molecular complexity index is 517. The highest BCUT2D eigenvalue weighted by molar-refractivity contribution is 5.92. The molecule has 1 aromatic heterocycles. The Morgan fingerprint density at radius 3 is 2.76 bits per heavy atom. The molecule has 0 aromatic carbocycles. The second-order valence-corrected chi connectivity index (χ2v) is 4.87. The fourth-order valence-corrected chi connectivity index (χ4v) is 1.97. The second-order valence-electron chi connectivity index (χ2n) is 4.87. The van der Waals surface area contributed by atoms with Gasteiger partial charge in [0.15, 0.2) is 0 Å². The van der Waals surface area contributed by atoms with E-state index in [0.717, 1.165) is 24.1 Å². The van der Waals surface area contributed by atoms with E-state index in [2.05, 4.69) is 24.1 Å². The molecule has 0 saturated heterocycles. The Hall–Kier alpha value is -1.65. The molecule has 17 heavy (non-hydrogen) atoms. The van der Waals surface area contributed by atoms with Gasteiger partial charge in [0.05, 0.1) is 0 Å². The molecule has 0 fully saturated rings. The standard InChI is InChI=1S/C12H17N3O2/c1-7(2)4-5-9-8(3)13-12-14-10(16)6-15(12)11(9)17/h7H,4-6H2,1-3H3,(H,13,14,16). The van der Waals surface area contributed by atoms with Crippen LogP contribution in [0.1, 0.15) is 31.5 Å². The molecule has 2 heterocycles. The van der Waals surface area contributed by atoms with Crippen LogP contribution in [0.4, 0.5) is 5.95 Å². The van der Waals surface area contributed by atoms with E-state index in [-0.39, 0.29) is 18.0 Å². The summed E-state index contributed by atoms with van der Waals surface area (Å²) in [5.74, 6) is 0.757. The number of hydrogen-bond donors (Lipinski definition) is 1. The summed E-state index contributed by atoms with van der Waals surface area (Å²) >= 11 is 0. The molecule has 5 nitrogen and oxygen atoms in total. The first-order chi connectivity index (χ1) is 7.99. The largest absolute Gasteiger partial charge is 0.294 e. The Morgan fingerprint density at radius 1 is 1.41 bits per heavy atom. The van der Waals surface area contributed by atoms with Gasteiger partial charge in [-0.3, -0.25) is 19.5 Å². The highest BCUT2D eigenvalue weighted by Crippen LogP contribution is 2.14. The second kappa shape index (κ2) is 4.31. The van der Waals surface area contributed by atoms with Crippen molar-refractivity contribution >= 4 is 11.9 Å². The third-order valence-electron chi connectivity index (χ3n) is 2.99. The number of rotatable bonds is 3. The molecule has 92 valence electrons. The topological polar surface area (TPSA) is 64.0 Å². The van der Waals surface area contributed by atoms with E-state index in [0.29, 0.717) is 11.9 Å². The first-order valence-corrected chi connectivity index (χ1v) is 5.89. The summed E-state index contributed by atoms with van der Waals surface area (Å²) in [6.45, 7) is 6.16. The predicted molar refractivity (Wildman–Crippen MR) is 65.0 cm³/mol. The average Bonchev–Trinajstić information content (AvgIpc) is 2.58. The quantitative estimate of drug-likeness (QED) is 0.853. The number of aryl methyl sites for hydroxylation is 1. The molecule has 1 aliphatic rings. The van der Waals surface area contributed by atoms with Crippen molar-refractivity contribution in [3.8, 4) is 0 Å². The van der Waals surface area contributed by atoms with Crippen molar-refractivity contribution in [1.82, 2.24) is 9.55 Å². The van der Waals surface area contributed by atoms with Crippen molar-refractivity contribution < 1.29 is 4.79 Å². The summed E-state index contributed by atoms with van der Waals surface area (Å²) in [6.07, 6.45) is 1.68. The number of carbonyl (C=O) groups excluding carboxylic acids is 1. The van der Waals surface area contributed by atoms with Crippen molar-refractivity contribution in [3.05, 3.63) is 21.6 Å². The molecule has 1 aromatic rings. The maximum absolute atomic E-state index is 12.2. The van der Waals surface area contributed by atoms with Crippen molar-refractivity contribution in [2.24, 2.45) is 5.92 Å². The van der Waals surface area contributed by atoms with Crippen LogP contribution >= 0.6 is 0 Å². The zero-order chi connectivity index (χ0) is 12.6. The zero-order valence-electron chi connectivity index (χ0n) is 10.4. The zero-order valence-corrected chi connectivity index (χ0v) is 10.4. The molecule has 0 bridgehead atoms. The number of fused-ring (bicyclic) bond motifs is 1. The molecule has 1 aliphatic heterocycles. The van der Waals surface area contributed by atoms with Crippen LogP contribution < -0.4 is 10.9 Å². The summed E-state index contributed by atoms with van der Waals surface area (Å²) in [4.78, 5) is 27.7. The normalized spacial score (nSPS) is 14.0. The lowest BCUT2D eigenvalue weighted by Crippen LogP contribution is -2.25. The van der Waals surface area contributed by atoms with Gasteiger partial charge in [-0.2, -0.15) is 0 Å². The van der Waals surface area contributed by atoms with Crippen LogP contribution in [0.3, 0.4) is 0 Å². The van der Waals surface area contributed by atoms with Crippen molar-refractivity contribution in [1.29, 1.82) is 0 Å². The number of nitrogens with one attached hydrogen (secondary N) is 1. The lowest BCUT2D eigenvalue weighted by molar-refractivity contribution is -0.115. The molecular formula is C12H17N3O2. The number of anilines is 1. The van der Waals surface area contributed by atoms with Gasteiger partial charge in [-0.05, 0) is 25.7 Å². The van der Waals surface area contributed by atoms with E-state index in [4.69, 9.17) is 0 Å². The first kappa shape index (κ1) is 11.8. The third-order valence-corrected chi connectivity index (χ3v) is 2.99. The van der Waals surface area contributed by atoms with Gasteiger partial charge in [-0.25, -0.2) is 4.98 Å². The lowest BCUT2D eigenvalue weighted by atomic mass is 10.0. The number of carbonyl (C=O) groups is 1. The van der Waals surface area contributed by atoms with Crippen LogP contribution in [0.2, 0.25) is 0 Å². The number of amides is 1. The van der Waals surface area contributed by atoms with Gasteiger partial charge in [0.2, 0.25) is 11.9 Å². The fraction of sp³-hybridized carbons (Fsp3) is 0.583. The minimum Gasteiger partial charge on any atom is -0.294 e. The Balaban J connectivity index is 2.38. The summed E-state index contributed by atoms with van der Waals surface area (Å²) < 4.78 is 1.42. The molecule has 0 spiro atoms. The molecular weight excluding hydrogens is 218 g/mol. The summed E-state index contributed by atoms with van der Waals surface area (Å²) in [5, 5.41) is 2.58. The Kier molecular flexibility index (Phi) is 3.00. The summed E-state index contributed by atoms with van der Waals surface area (Å²) in [6, 6.07) is 0. The van der Waals surface area contributed by atoms with Gasteiger partial charge < -0.3 is 0 Å². The molecule has 5 heteroatoms. The SMILES string of the molecule is Cc1nc2n(c(=O)c1CCC(C)C)CC(=O)N2. The van der Waals surface area contributed by atoms with E-state index in [1.165, 1.54) is 4.57 Å². The van der Waals surface area contributed by atoms with E-state index >= 15 is 0 Å². The van der Waals surface area contributed by atoms with E-state index in [9.17, 15) is 9.59 Å². The maximum Gasteiger partial charge on any atom is 0.258 e. The monoisotopic (exact) mass is 235 g/mol. The minimum absolute atomic E-state index is 0.0773. The van der Waals surface area contributed by atoms with Gasteiger partial charge in [0.25, 0.3) is 5.56 Å². The first-order valence-electron chi connectivity index (χ1n) is 5.89. The van der Waals surface area contributed by atoms with Crippen LogP contribution in [0.5, 0.6) is 0 Å². The van der Waals surface area contributed by atoms with Gasteiger partial charge in [-0.15, -0.1) is 0 Å². The van der Waals surface area contributed by atoms with Crippen LogP contribution in [0, 0.1) is 12.8 Å². The molecule has 0 unspecified atom stereocenters. The van der Waals surface area contributed by atoms with Crippen molar-refractivity contribution in [3.63, 3.8) is 0 Å². The smallest absolute Gasteiger partial charge is 0.258 e. The number of nitrogens with zero attached hydrogens (tertiary/aromatic N) is 2. The van der Waals surface area contributed by atoms with E-state index in [1.807, 2.05) is 6.92 Å². The predicted octanol–water partition coefficient (Wildman–Crippen LogP) is 1.09. The summed E-state index contributed by atoms with van der Waals surface area (Å²) in [5.41, 5.74) is 1.38. The van der Waals surface area contributed by atoms with Crippen LogP contribution in [0.25, 0.3) is 0 Å². The minimum atomic E-state index is -0.171. The van der Waals surface area contributed by atoms with Crippen LogP contribution in [-0.2, 0) is 17.8 Å². The molecule has 0 atom stereocenters. The average molecular weight is 235 g/mol. The molecule has 1 N–H and O–H groups in total. The molecule has 2 rings (SSSR count). The van der Waals surface area contributed by atoms with Gasteiger partial charge >= 0.3 is 0 Å². The molecule has 0 saturated carbocycles. The van der Waals surface area contributed by atoms with Gasteiger partial charge in [0.1, 0.15) is 6.54 Å². The van der Waals surface area contributed by atoms with Crippen molar-refractivity contribution in [2.45, 2.75) is 40.2 Å². The Labute approximate surface area is 99.9 Å². The number of hydrogen-bond acceptors (Lipinski definition) is 3. The maximum atomic E-state index is 12.2. The highest BCUT2D eigenvalue weighted by atomic mass is 16.2. The van der Waals surface area contributed by atoms with Gasteiger partial charge in [0, 0.05) is 11.3 Å². The molecule has 0 radical (unpaired) electrons. The molecule has 0 aliphatic carbocycles. The number of aromatic nitrogens is 2. The van der Waals surface area contributed by atoms with Crippen molar-refractivity contribution in [2.75, 3.05) is 5.32 Å². The van der Waals surface area contributed by atoms with Crippen LogP contribution in [0.15, 0.2) is 4.79 Å².